The largest absolute Gasteiger partial charge is 0.464 e. The molecule has 9 nitrogen and oxygen atoms in total. The maximum absolute atomic E-state index is 12.0. The molecule has 0 unspecified atom stereocenters. The first-order chi connectivity index (χ1) is 14.2. The van der Waals surface area contributed by atoms with Gasteiger partial charge in [0.25, 0.3) is 0 Å². The molecular weight excluding hydrogens is 376 g/mol. The number of nitrogens with one attached hydrogen (secondary N) is 2. The van der Waals surface area contributed by atoms with Crippen LogP contribution in [0.2, 0.25) is 0 Å². The molecule has 1 amide bonds. The van der Waals surface area contributed by atoms with Crippen LogP contribution >= 0.6 is 0 Å². The van der Waals surface area contributed by atoms with Crippen molar-refractivity contribution < 1.29 is 23.8 Å². The predicted octanol–water partition coefficient (Wildman–Crippen LogP) is -0.0478. The second-order valence-corrected chi connectivity index (χ2v) is 6.37. The van der Waals surface area contributed by atoms with Gasteiger partial charge in [-0.2, -0.15) is 0 Å². The topological polar surface area (TPSA) is 92.4 Å². The second-order valence-electron chi connectivity index (χ2n) is 6.37. The first kappa shape index (κ1) is 27.7. The predicted molar refractivity (Wildman–Crippen MR) is 114 cm³/mol. The normalized spacial score (nSPS) is 14.8. The number of rotatable bonds is 15. The molecule has 1 fully saturated rings. The quantitative estimate of drug-likeness (QED) is 0.283. The van der Waals surface area contributed by atoms with Crippen molar-refractivity contribution in [1.29, 1.82) is 0 Å². The number of nitrogens with zero attached hydrogens (tertiary/aromatic N) is 2. The van der Waals surface area contributed by atoms with Gasteiger partial charge >= 0.3 is 5.97 Å². The molecule has 1 aliphatic heterocycles. The Morgan fingerprint density at radius 3 is 2.03 bits per heavy atom. The summed E-state index contributed by atoms with van der Waals surface area (Å²) in [5.74, 6) is -0.134. The van der Waals surface area contributed by atoms with Crippen LogP contribution in [0.25, 0.3) is 0 Å². The molecular formula is C20H42N4O5. The van der Waals surface area contributed by atoms with Gasteiger partial charge in [-0.25, -0.2) is 0 Å². The van der Waals surface area contributed by atoms with E-state index in [0.717, 1.165) is 39.3 Å². The van der Waals surface area contributed by atoms with Gasteiger partial charge in [0.2, 0.25) is 5.91 Å². The molecule has 1 heterocycles. The van der Waals surface area contributed by atoms with E-state index in [1.165, 1.54) is 0 Å². The van der Waals surface area contributed by atoms with E-state index in [4.69, 9.17) is 14.2 Å². The number of amides is 1. The Morgan fingerprint density at radius 1 is 0.862 bits per heavy atom. The molecule has 9 heteroatoms. The summed E-state index contributed by atoms with van der Waals surface area (Å²) in [6, 6.07) is 0. The molecule has 0 radical (unpaired) electrons. The van der Waals surface area contributed by atoms with Gasteiger partial charge in [0.1, 0.15) is 6.61 Å². The summed E-state index contributed by atoms with van der Waals surface area (Å²) in [7, 11) is 1.88. The fourth-order valence-electron chi connectivity index (χ4n) is 2.58. The van der Waals surface area contributed by atoms with Gasteiger partial charge in [-0.3, -0.25) is 19.4 Å². The van der Waals surface area contributed by atoms with Crippen LogP contribution in [0.5, 0.6) is 0 Å². The van der Waals surface area contributed by atoms with E-state index >= 15 is 0 Å². The summed E-state index contributed by atoms with van der Waals surface area (Å²) in [6.45, 7) is 14.5. The Kier molecular flexibility index (Phi) is 19.2. The number of hydrogen-bond donors (Lipinski definition) is 2. The van der Waals surface area contributed by atoms with Crippen molar-refractivity contribution >= 4 is 11.9 Å². The molecule has 0 aromatic carbocycles. The molecule has 1 saturated heterocycles. The average molecular weight is 419 g/mol. The lowest BCUT2D eigenvalue weighted by Gasteiger charge is -2.34. The Balaban J connectivity index is 0.00000379. The van der Waals surface area contributed by atoms with Crippen molar-refractivity contribution in [2.45, 2.75) is 27.2 Å². The van der Waals surface area contributed by atoms with Crippen LogP contribution in [-0.2, 0) is 23.8 Å². The zero-order valence-corrected chi connectivity index (χ0v) is 18.8. The highest BCUT2D eigenvalue weighted by Crippen LogP contribution is 2.01. The maximum atomic E-state index is 12.0. The summed E-state index contributed by atoms with van der Waals surface area (Å²) in [5.41, 5.74) is 0. The highest BCUT2D eigenvalue weighted by atomic mass is 16.5. The summed E-state index contributed by atoms with van der Waals surface area (Å²) < 4.78 is 15.9. The Hall–Kier alpha value is -1.26. The SMILES string of the molecule is CC.CCC(=O)OCCN1CCN(CC(=O)NCCOCCOCCNC)CC1. The summed E-state index contributed by atoms with van der Waals surface area (Å²) in [4.78, 5) is 27.5. The minimum Gasteiger partial charge on any atom is -0.464 e. The van der Waals surface area contributed by atoms with Crippen molar-refractivity contribution in [2.24, 2.45) is 0 Å². The third-order valence-electron chi connectivity index (χ3n) is 4.23. The monoisotopic (exact) mass is 418 g/mol. The van der Waals surface area contributed by atoms with Gasteiger partial charge in [-0.05, 0) is 7.05 Å². The fourth-order valence-corrected chi connectivity index (χ4v) is 2.58. The van der Waals surface area contributed by atoms with Crippen LogP contribution in [0, 0.1) is 0 Å². The van der Waals surface area contributed by atoms with Crippen LogP contribution < -0.4 is 10.6 Å². The summed E-state index contributed by atoms with van der Waals surface area (Å²) in [5, 5.41) is 5.88. The molecule has 29 heavy (non-hydrogen) atoms. The van der Waals surface area contributed by atoms with E-state index in [1.807, 2.05) is 20.9 Å². The van der Waals surface area contributed by atoms with Crippen LogP contribution in [-0.4, -0.2) is 114 Å². The third kappa shape index (κ3) is 16.2. The molecule has 0 spiro atoms. The van der Waals surface area contributed by atoms with E-state index < -0.39 is 0 Å². The van der Waals surface area contributed by atoms with E-state index in [-0.39, 0.29) is 11.9 Å². The lowest BCUT2D eigenvalue weighted by molar-refractivity contribution is -0.143. The number of ether oxygens (including phenoxy) is 3. The minimum absolute atomic E-state index is 0.0224. The number of esters is 1. The van der Waals surface area contributed by atoms with Crippen LogP contribution in [0.15, 0.2) is 0 Å². The van der Waals surface area contributed by atoms with Gasteiger partial charge in [-0.15, -0.1) is 0 Å². The Labute approximate surface area is 176 Å². The van der Waals surface area contributed by atoms with E-state index in [9.17, 15) is 9.59 Å². The number of piperazine rings is 1. The van der Waals surface area contributed by atoms with Gasteiger partial charge in [0, 0.05) is 52.2 Å². The highest BCUT2D eigenvalue weighted by molar-refractivity contribution is 5.78. The Bertz CT molecular complexity index is 404. The van der Waals surface area contributed by atoms with Crippen LogP contribution in [0.1, 0.15) is 27.2 Å². The van der Waals surface area contributed by atoms with Gasteiger partial charge in [0.05, 0.1) is 33.0 Å². The Morgan fingerprint density at radius 2 is 1.45 bits per heavy atom. The minimum atomic E-state index is -0.157. The maximum Gasteiger partial charge on any atom is 0.305 e. The molecule has 0 aromatic heterocycles. The first-order valence-corrected chi connectivity index (χ1v) is 10.8. The average Bonchev–Trinajstić information content (AvgIpc) is 2.75. The summed E-state index contributed by atoms with van der Waals surface area (Å²) in [6.07, 6.45) is 0.415. The summed E-state index contributed by atoms with van der Waals surface area (Å²) >= 11 is 0. The van der Waals surface area contributed by atoms with Crippen LogP contribution in [0.3, 0.4) is 0 Å². The number of likely N-dealkylation sites (N-methyl/N-ethyl adjacent to an activating group) is 1. The number of carbonyl (C=O) groups excluding carboxylic acids is 2. The van der Waals surface area contributed by atoms with Crippen molar-refractivity contribution in [3.8, 4) is 0 Å². The van der Waals surface area contributed by atoms with Gasteiger partial charge in [0.15, 0.2) is 0 Å². The standard InChI is InChI=1S/C18H36N4O5.C2H6/c1-3-18(24)27-13-10-21-6-8-22(9-7-21)16-17(23)20-5-12-26-15-14-25-11-4-19-2;1-2/h19H,3-16H2,1-2H3,(H,20,23);1-2H3. The molecule has 2 N–H and O–H groups in total. The zero-order chi connectivity index (χ0) is 21.7. The van der Waals surface area contributed by atoms with Crippen LogP contribution in [0.4, 0.5) is 0 Å². The molecule has 0 aromatic rings. The number of hydrogen-bond acceptors (Lipinski definition) is 8. The molecule has 0 bridgehead atoms. The van der Waals surface area contributed by atoms with Crippen molar-refractivity contribution in [1.82, 2.24) is 20.4 Å². The van der Waals surface area contributed by atoms with E-state index in [0.29, 0.717) is 52.5 Å². The molecule has 172 valence electrons. The van der Waals surface area contributed by atoms with Gasteiger partial charge in [-0.1, -0.05) is 20.8 Å². The lowest BCUT2D eigenvalue weighted by Crippen LogP contribution is -2.50. The smallest absolute Gasteiger partial charge is 0.305 e. The second kappa shape index (κ2) is 20.0. The molecule has 1 aliphatic rings. The number of carbonyl (C=O) groups is 2. The lowest BCUT2D eigenvalue weighted by atomic mass is 10.3. The van der Waals surface area contributed by atoms with Gasteiger partial charge < -0.3 is 24.8 Å². The van der Waals surface area contributed by atoms with E-state index in [2.05, 4.69) is 20.4 Å². The molecule has 1 rings (SSSR count). The van der Waals surface area contributed by atoms with Crippen molar-refractivity contribution in [3.63, 3.8) is 0 Å². The highest BCUT2D eigenvalue weighted by Gasteiger charge is 2.18. The molecule has 0 aliphatic carbocycles. The van der Waals surface area contributed by atoms with E-state index in [1.54, 1.807) is 6.92 Å². The first-order valence-electron chi connectivity index (χ1n) is 10.8. The van der Waals surface area contributed by atoms with Crippen molar-refractivity contribution in [2.75, 3.05) is 92.4 Å². The fraction of sp³-hybridized carbons (Fsp3) is 0.900. The molecule has 0 atom stereocenters. The van der Waals surface area contributed by atoms with Crippen molar-refractivity contribution in [3.05, 3.63) is 0 Å². The zero-order valence-electron chi connectivity index (χ0n) is 18.8. The molecule has 0 saturated carbocycles. The third-order valence-corrected chi connectivity index (χ3v) is 4.23.